The highest BCUT2D eigenvalue weighted by molar-refractivity contribution is 7.89. The minimum absolute atomic E-state index is 0. The third-order valence-electron chi connectivity index (χ3n) is 4.23. The van der Waals surface area contributed by atoms with Gasteiger partial charge in [-0.05, 0) is 50.3 Å². The summed E-state index contributed by atoms with van der Waals surface area (Å²) in [5, 5.41) is 3.96. The summed E-state index contributed by atoms with van der Waals surface area (Å²) in [7, 11) is -3.49. The number of hydrogen-bond acceptors (Lipinski definition) is 3. The van der Waals surface area contributed by atoms with Gasteiger partial charge in [-0.15, -0.1) is 12.4 Å². The Bertz CT molecular complexity index is 609. The molecule has 0 aliphatic carbocycles. The number of aryl methyl sites for hydroxylation is 1. The summed E-state index contributed by atoms with van der Waals surface area (Å²) in [5.41, 5.74) is 0.721. The van der Waals surface area contributed by atoms with Crippen molar-refractivity contribution in [2.45, 2.75) is 55.6 Å². The Morgan fingerprint density at radius 3 is 2.48 bits per heavy atom. The number of sulfonamides is 1. The fraction of sp³-hybridized carbons (Fsp3) is 0.571. The summed E-state index contributed by atoms with van der Waals surface area (Å²) in [6.45, 7) is 1.79. The van der Waals surface area contributed by atoms with Gasteiger partial charge in [0.25, 0.3) is 0 Å². The van der Waals surface area contributed by atoms with Gasteiger partial charge in [0.2, 0.25) is 10.0 Å². The Kier molecular flexibility index (Phi) is 5.21. The average molecular weight is 351 g/mol. The molecule has 0 spiro atoms. The van der Waals surface area contributed by atoms with E-state index >= 15 is 0 Å². The number of hydrogen-bond donors (Lipinski definition) is 2. The highest BCUT2D eigenvalue weighted by Gasteiger charge is 2.35. The van der Waals surface area contributed by atoms with E-state index in [4.69, 9.17) is 11.6 Å². The maximum absolute atomic E-state index is 12.5. The van der Waals surface area contributed by atoms with Gasteiger partial charge in [0.05, 0.1) is 4.90 Å². The number of halogens is 2. The van der Waals surface area contributed by atoms with E-state index in [9.17, 15) is 8.42 Å². The summed E-state index contributed by atoms with van der Waals surface area (Å²) < 4.78 is 27.9. The zero-order valence-corrected chi connectivity index (χ0v) is 14.2. The molecule has 2 fully saturated rings. The number of fused-ring (bicyclic) bond motifs is 2. The van der Waals surface area contributed by atoms with Crippen LogP contribution in [0.4, 0.5) is 0 Å². The molecule has 2 heterocycles. The van der Waals surface area contributed by atoms with Crippen molar-refractivity contribution >= 4 is 34.0 Å². The van der Waals surface area contributed by atoms with Gasteiger partial charge in [-0.1, -0.05) is 17.7 Å². The van der Waals surface area contributed by atoms with Crippen molar-refractivity contribution in [3.05, 3.63) is 28.8 Å². The van der Waals surface area contributed by atoms with Crippen molar-refractivity contribution in [1.82, 2.24) is 10.0 Å². The molecule has 0 aromatic heterocycles. The molecular weight excluding hydrogens is 331 g/mol. The molecule has 7 heteroatoms. The fourth-order valence-corrected chi connectivity index (χ4v) is 5.07. The van der Waals surface area contributed by atoms with Crippen LogP contribution in [0.1, 0.15) is 31.2 Å². The Balaban J connectivity index is 0.00000161. The van der Waals surface area contributed by atoms with Crippen LogP contribution in [0.3, 0.4) is 0 Å². The maximum Gasteiger partial charge on any atom is 0.241 e. The Morgan fingerprint density at radius 2 is 1.86 bits per heavy atom. The van der Waals surface area contributed by atoms with Crippen molar-refractivity contribution in [2.24, 2.45) is 0 Å². The molecule has 1 aromatic carbocycles. The molecule has 118 valence electrons. The summed E-state index contributed by atoms with van der Waals surface area (Å²) in [4.78, 5) is 0.288. The Morgan fingerprint density at radius 1 is 1.24 bits per heavy atom. The average Bonchev–Trinajstić information content (AvgIpc) is 2.71. The lowest BCUT2D eigenvalue weighted by Crippen LogP contribution is -2.48. The number of nitrogens with one attached hydrogen (secondary N) is 2. The predicted molar refractivity (Wildman–Crippen MR) is 86.7 cm³/mol. The first-order valence-electron chi connectivity index (χ1n) is 6.98. The van der Waals surface area contributed by atoms with Crippen LogP contribution in [-0.2, 0) is 10.0 Å². The van der Waals surface area contributed by atoms with E-state index in [2.05, 4.69) is 10.0 Å². The van der Waals surface area contributed by atoms with Crippen molar-refractivity contribution in [1.29, 1.82) is 0 Å². The molecule has 0 saturated carbocycles. The van der Waals surface area contributed by atoms with Crippen LogP contribution < -0.4 is 10.0 Å². The molecule has 2 aliphatic heterocycles. The first kappa shape index (κ1) is 17.0. The highest BCUT2D eigenvalue weighted by Crippen LogP contribution is 2.28. The van der Waals surface area contributed by atoms with Gasteiger partial charge < -0.3 is 5.32 Å². The quantitative estimate of drug-likeness (QED) is 0.880. The van der Waals surface area contributed by atoms with Crippen molar-refractivity contribution < 1.29 is 8.42 Å². The molecule has 1 aromatic rings. The molecule has 4 nitrogen and oxygen atoms in total. The van der Waals surface area contributed by atoms with Crippen LogP contribution in [0.25, 0.3) is 0 Å². The normalized spacial score (nSPS) is 28.2. The highest BCUT2D eigenvalue weighted by atomic mass is 35.5. The third-order valence-corrected chi connectivity index (χ3v) is 6.13. The molecule has 2 bridgehead atoms. The molecule has 2 N–H and O–H groups in total. The second-order valence-corrected chi connectivity index (χ2v) is 7.96. The van der Waals surface area contributed by atoms with Crippen molar-refractivity contribution in [3.8, 4) is 0 Å². The van der Waals surface area contributed by atoms with Gasteiger partial charge in [-0.3, -0.25) is 0 Å². The molecule has 2 atom stereocenters. The fourth-order valence-electron chi connectivity index (χ4n) is 3.30. The number of benzene rings is 1. The third kappa shape index (κ3) is 3.71. The summed E-state index contributed by atoms with van der Waals surface area (Å²) >= 11 is 5.92. The van der Waals surface area contributed by atoms with Gasteiger partial charge in [-0.25, -0.2) is 13.1 Å². The van der Waals surface area contributed by atoms with Gasteiger partial charge in [-0.2, -0.15) is 0 Å². The first-order valence-corrected chi connectivity index (χ1v) is 8.85. The predicted octanol–water partition coefficient (Wildman–Crippen LogP) is 2.63. The summed E-state index contributed by atoms with van der Waals surface area (Å²) in [5.74, 6) is 0. The topological polar surface area (TPSA) is 58.2 Å². The Hall–Kier alpha value is -0.330. The monoisotopic (exact) mass is 350 g/mol. The van der Waals surface area contributed by atoms with Crippen LogP contribution in [0.15, 0.2) is 23.1 Å². The van der Waals surface area contributed by atoms with Gasteiger partial charge in [0.15, 0.2) is 0 Å². The largest absolute Gasteiger partial charge is 0.311 e. The first-order chi connectivity index (χ1) is 9.44. The minimum atomic E-state index is -3.49. The lowest BCUT2D eigenvalue weighted by atomic mass is 10.0. The Labute approximate surface area is 137 Å². The van der Waals surface area contributed by atoms with E-state index < -0.39 is 10.0 Å². The van der Waals surface area contributed by atoms with E-state index in [0.717, 1.165) is 31.2 Å². The van der Waals surface area contributed by atoms with E-state index in [1.165, 1.54) is 6.07 Å². The lowest BCUT2D eigenvalue weighted by molar-refractivity contribution is 0.345. The number of piperidine rings is 1. The van der Waals surface area contributed by atoms with Gasteiger partial charge in [0.1, 0.15) is 0 Å². The van der Waals surface area contributed by atoms with Crippen LogP contribution in [0.5, 0.6) is 0 Å². The molecule has 3 rings (SSSR count). The second kappa shape index (κ2) is 6.42. The zero-order valence-electron chi connectivity index (χ0n) is 11.8. The zero-order chi connectivity index (χ0) is 14.3. The van der Waals surface area contributed by atoms with Gasteiger partial charge >= 0.3 is 0 Å². The van der Waals surface area contributed by atoms with Crippen LogP contribution in [0.2, 0.25) is 5.02 Å². The molecule has 21 heavy (non-hydrogen) atoms. The molecule has 2 aliphatic rings. The molecule has 2 saturated heterocycles. The maximum atomic E-state index is 12.5. The van der Waals surface area contributed by atoms with Crippen molar-refractivity contribution in [2.75, 3.05) is 0 Å². The molecule has 0 radical (unpaired) electrons. The summed E-state index contributed by atoms with van der Waals surface area (Å²) in [6, 6.07) is 5.92. The van der Waals surface area contributed by atoms with Crippen LogP contribution >= 0.6 is 24.0 Å². The lowest BCUT2D eigenvalue weighted by Gasteiger charge is -2.29. The smallest absolute Gasteiger partial charge is 0.241 e. The van der Waals surface area contributed by atoms with Crippen molar-refractivity contribution in [3.63, 3.8) is 0 Å². The van der Waals surface area contributed by atoms with E-state index in [-0.39, 0.29) is 23.3 Å². The number of rotatable bonds is 3. The molecule has 0 amide bonds. The van der Waals surface area contributed by atoms with Crippen LogP contribution in [0, 0.1) is 6.92 Å². The van der Waals surface area contributed by atoms with Crippen LogP contribution in [-0.4, -0.2) is 26.5 Å². The minimum Gasteiger partial charge on any atom is -0.311 e. The standard InChI is InChI=1S/C14H19ClN2O2S.ClH/c1-9-2-3-10(15)6-14(9)20(18,19)17-13-7-11-4-5-12(8-13)16-11;/h2-3,6,11-13,16-17H,4-5,7-8H2,1H3;1H. The van der Waals surface area contributed by atoms with E-state index in [1.54, 1.807) is 19.1 Å². The van der Waals surface area contributed by atoms with Gasteiger partial charge in [0, 0.05) is 23.1 Å². The summed E-state index contributed by atoms with van der Waals surface area (Å²) in [6.07, 6.45) is 4.04. The molecule has 2 unspecified atom stereocenters. The molecular formula is C14H20Cl2N2O2S. The van der Waals surface area contributed by atoms with E-state index in [0.29, 0.717) is 17.1 Å². The second-order valence-electron chi connectivity index (χ2n) is 5.84. The van der Waals surface area contributed by atoms with E-state index in [1.807, 2.05) is 0 Å². The SMILES string of the molecule is Cc1ccc(Cl)cc1S(=O)(=O)NC1CC2CCC(C1)N2.Cl.